The molecule has 0 aromatic rings. The van der Waals surface area contributed by atoms with Gasteiger partial charge in [-0.05, 0) is 11.3 Å². The Hall–Kier alpha value is -2.02. The molecule has 0 aliphatic rings. The van der Waals surface area contributed by atoms with Gasteiger partial charge in [-0.15, -0.1) is 0 Å². The number of hydrogen-bond acceptors (Lipinski definition) is 6. The first-order valence-electron chi connectivity index (χ1n) is 6.64. The predicted octanol–water partition coefficient (Wildman–Crippen LogP) is 3.29. The van der Waals surface area contributed by atoms with E-state index in [2.05, 4.69) is 11.3 Å². The fraction of sp³-hybridized carbons (Fsp3) is 0.571. The van der Waals surface area contributed by atoms with Gasteiger partial charge in [0.1, 0.15) is 0 Å². The Morgan fingerprint density at radius 3 is 0.955 bits per heavy atom. The Morgan fingerprint density at radius 1 is 0.545 bits per heavy atom. The molecule has 0 fully saturated rings. The fourth-order valence-corrected chi connectivity index (χ4v) is 5.75. The Bertz CT molecular complexity index is 590. The first kappa shape index (κ1) is 20.0. The highest BCUT2D eigenvalue weighted by Gasteiger charge is 2.22. The highest BCUT2D eigenvalue weighted by Crippen LogP contribution is 2.50. The van der Waals surface area contributed by atoms with Gasteiger partial charge in [0.15, 0.2) is 14.3 Å². The minimum Gasteiger partial charge on any atom is -0.310 e. The van der Waals surface area contributed by atoms with Gasteiger partial charge in [-0.2, -0.15) is 21.0 Å². The molecule has 0 bridgehead atoms. The Labute approximate surface area is 131 Å². The first-order valence-corrected chi connectivity index (χ1v) is 10.8. The molecule has 0 aliphatic carbocycles. The normalized spacial score (nSPS) is 10.2. The van der Waals surface area contributed by atoms with Crippen molar-refractivity contribution in [2.24, 2.45) is 0 Å². The van der Waals surface area contributed by atoms with E-state index in [9.17, 15) is 9.13 Å². The molecule has 6 nitrogen and oxygen atoms in total. The molecule has 0 N–H and O–H groups in total. The lowest BCUT2D eigenvalue weighted by atomic mass is 10.5. The van der Waals surface area contributed by atoms with Crippen LogP contribution in [0.5, 0.6) is 0 Å². The maximum absolute atomic E-state index is 12.6. The molecule has 8 heteroatoms. The van der Waals surface area contributed by atoms with Crippen LogP contribution in [0.25, 0.3) is 0 Å². The van der Waals surface area contributed by atoms with Crippen LogP contribution in [0.3, 0.4) is 0 Å². The van der Waals surface area contributed by atoms with Crippen molar-refractivity contribution >= 4 is 14.3 Å². The third-order valence-electron chi connectivity index (χ3n) is 2.80. The van der Waals surface area contributed by atoms with Gasteiger partial charge in [0.05, 0.1) is 24.3 Å². The molecule has 0 aliphatic heterocycles. The van der Waals surface area contributed by atoms with Crippen LogP contribution in [0.4, 0.5) is 0 Å². The Morgan fingerprint density at radius 2 is 0.773 bits per heavy atom. The topological polar surface area (TPSA) is 129 Å². The van der Waals surface area contributed by atoms with Crippen molar-refractivity contribution in [1.29, 1.82) is 21.0 Å². The van der Waals surface area contributed by atoms with E-state index >= 15 is 0 Å². The first-order chi connectivity index (χ1) is 10.4. The summed E-state index contributed by atoms with van der Waals surface area (Å²) >= 11 is 0. The van der Waals surface area contributed by atoms with Crippen LogP contribution in [-0.4, -0.2) is 24.6 Å². The summed E-state index contributed by atoms with van der Waals surface area (Å²) in [7, 11) is -6.11. The number of rotatable bonds is 8. The number of hydrogen-bond donors (Lipinski definition) is 0. The maximum Gasteiger partial charge on any atom is 0.157 e. The molecule has 0 saturated carbocycles. The van der Waals surface area contributed by atoms with E-state index in [1.165, 1.54) is 0 Å². The summed E-state index contributed by atoms with van der Waals surface area (Å²) in [4.78, 5) is 0. The Kier molecular flexibility index (Phi) is 9.69. The summed E-state index contributed by atoms with van der Waals surface area (Å²) in [6.45, 7) is 0. The quantitative estimate of drug-likeness (QED) is 0.494. The van der Waals surface area contributed by atoms with Crippen LogP contribution in [0, 0.1) is 56.6 Å². The second-order valence-electron chi connectivity index (χ2n) is 4.53. The van der Waals surface area contributed by atoms with Gasteiger partial charge in [0.25, 0.3) is 0 Å². The van der Waals surface area contributed by atoms with Crippen LogP contribution in [0.1, 0.15) is 25.7 Å². The zero-order valence-corrected chi connectivity index (χ0v) is 13.9. The number of nitriles is 4. The van der Waals surface area contributed by atoms with Crippen molar-refractivity contribution in [2.75, 3.05) is 24.6 Å². The van der Waals surface area contributed by atoms with Crippen molar-refractivity contribution in [3.05, 3.63) is 0 Å². The highest BCUT2D eigenvalue weighted by atomic mass is 31.2. The monoisotopic (exact) mass is 334 g/mol. The number of nitrogens with zero attached hydrogens (tertiary/aromatic N) is 4. The zero-order valence-electron chi connectivity index (χ0n) is 12.2. The van der Waals surface area contributed by atoms with Crippen molar-refractivity contribution in [3.63, 3.8) is 0 Å². The lowest BCUT2D eigenvalue weighted by Crippen LogP contribution is -1.95. The van der Waals surface area contributed by atoms with Crippen LogP contribution < -0.4 is 0 Å². The average molecular weight is 334 g/mol. The molecule has 114 valence electrons. The highest BCUT2D eigenvalue weighted by molar-refractivity contribution is 7.72. The molecule has 0 radical (unpaired) electrons. The third-order valence-corrected chi connectivity index (χ3v) is 7.80. The van der Waals surface area contributed by atoms with E-state index in [0.717, 1.165) is 0 Å². The molecular formula is C14H16N4O2P2. The van der Waals surface area contributed by atoms with Gasteiger partial charge in [0.2, 0.25) is 0 Å². The lowest BCUT2D eigenvalue weighted by molar-refractivity contribution is 0.579. The largest absolute Gasteiger partial charge is 0.310 e. The second-order valence-corrected chi connectivity index (χ2v) is 10.3. The van der Waals surface area contributed by atoms with Crippen molar-refractivity contribution in [1.82, 2.24) is 0 Å². The summed E-state index contributed by atoms with van der Waals surface area (Å²) in [6.07, 6.45) is 0.471. The van der Waals surface area contributed by atoms with E-state index in [4.69, 9.17) is 21.0 Å². The van der Waals surface area contributed by atoms with Gasteiger partial charge < -0.3 is 9.13 Å². The molecule has 0 aromatic carbocycles. The fourth-order valence-electron chi connectivity index (χ4n) is 1.55. The molecular weight excluding hydrogens is 318 g/mol. The third kappa shape index (κ3) is 8.31. The van der Waals surface area contributed by atoms with Gasteiger partial charge in [-0.1, -0.05) is 0 Å². The van der Waals surface area contributed by atoms with Gasteiger partial charge in [-0.25, -0.2) is 0 Å². The van der Waals surface area contributed by atoms with Crippen molar-refractivity contribution < 1.29 is 9.13 Å². The molecule has 0 rings (SSSR count). The summed E-state index contributed by atoms with van der Waals surface area (Å²) in [5.41, 5.74) is 5.09. The molecule has 0 atom stereocenters. The SMILES string of the molecule is N#CCCP(=O)(C#CP(=O)(CCC#N)CCC#N)CCC#N. The molecule has 0 amide bonds. The van der Waals surface area contributed by atoms with Gasteiger partial charge in [-0.3, -0.25) is 0 Å². The summed E-state index contributed by atoms with van der Waals surface area (Å²) in [5, 5.41) is 34.4. The van der Waals surface area contributed by atoms with Crippen LogP contribution in [-0.2, 0) is 9.13 Å². The minimum absolute atomic E-state index is 0.0536. The summed E-state index contributed by atoms with van der Waals surface area (Å²) in [6, 6.07) is 7.55. The predicted molar refractivity (Wildman–Crippen MR) is 83.4 cm³/mol. The second kappa shape index (κ2) is 10.7. The molecule has 0 saturated heterocycles. The van der Waals surface area contributed by atoms with E-state index in [1.54, 1.807) is 0 Å². The van der Waals surface area contributed by atoms with Crippen LogP contribution >= 0.6 is 14.3 Å². The van der Waals surface area contributed by atoms with E-state index < -0.39 is 14.3 Å². The summed E-state index contributed by atoms with van der Waals surface area (Å²) in [5.74, 6) is 0. The smallest absolute Gasteiger partial charge is 0.157 e. The summed E-state index contributed by atoms with van der Waals surface area (Å²) < 4.78 is 25.2. The molecule has 0 unspecified atom stereocenters. The molecule has 0 aromatic heterocycles. The van der Waals surface area contributed by atoms with Crippen LogP contribution in [0.15, 0.2) is 0 Å². The average Bonchev–Trinajstić information content (AvgIpc) is 2.53. The van der Waals surface area contributed by atoms with E-state index in [0.29, 0.717) is 0 Å². The van der Waals surface area contributed by atoms with Crippen molar-refractivity contribution in [3.8, 4) is 35.6 Å². The van der Waals surface area contributed by atoms with Gasteiger partial charge in [0, 0.05) is 50.3 Å². The van der Waals surface area contributed by atoms with E-state index in [-0.39, 0.29) is 50.3 Å². The standard InChI is InChI=1S/C14H16N4O2P2/c15-5-1-9-21(19,10-2-6-16)13-14-22(20,11-3-7-17)12-4-8-18/h1-4,9-12H2. The minimum atomic E-state index is -3.06. The lowest BCUT2D eigenvalue weighted by Gasteiger charge is -2.10. The maximum atomic E-state index is 12.6. The molecule has 22 heavy (non-hydrogen) atoms. The molecule has 0 heterocycles. The Balaban J connectivity index is 5.33. The van der Waals surface area contributed by atoms with Crippen molar-refractivity contribution in [2.45, 2.75) is 25.7 Å². The van der Waals surface area contributed by atoms with E-state index in [1.807, 2.05) is 24.3 Å². The van der Waals surface area contributed by atoms with Crippen LogP contribution in [0.2, 0.25) is 0 Å². The molecule has 0 spiro atoms. The zero-order chi connectivity index (χ0) is 16.9. The van der Waals surface area contributed by atoms with Gasteiger partial charge >= 0.3 is 0 Å².